The normalized spacial score (nSPS) is 18.0. The molecule has 7 heteroatoms. The maximum Gasteiger partial charge on any atom is 0.340 e. The van der Waals surface area contributed by atoms with Gasteiger partial charge in [-0.2, -0.15) is 14.0 Å². The van der Waals surface area contributed by atoms with E-state index < -0.39 is 6.43 Å². The van der Waals surface area contributed by atoms with Crippen molar-refractivity contribution in [2.75, 3.05) is 0 Å². The van der Waals surface area contributed by atoms with E-state index in [-0.39, 0.29) is 23.7 Å². The summed E-state index contributed by atoms with van der Waals surface area (Å²) in [6.45, 7) is 0.427. The SMILES string of the molecule is N#Cc1ccc(C2NC(=O)N(Cc3ccccc3)C2Cc2ccc([C](F)F)c(Br)c2)cc1. The highest BCUT2D eigenvalue weighted by Crippen LogP contribution is 2.33. The fourth-order valence-corrected chi connectivity index (χ4v) is 4.57. The number of amides is 2. The fraction of sp³-hybridized carbons (Fsp3) is 0.160. The minimum absolute atomic E-state index is 0.140. The number of hydrogen-bond acceptors (Lipinski definition) is 2. The summed E-state index contributed by atoms with van der Waals surface area (Å²) in [5.41, 5.74) is 3.12. The third-order valence-electron chi connectivity index (χ3n) is 5.60. The lowest BCUT2D eigenvalue weighted by molar-refractivity contribution is 0.198. The van der Waals surface area contributed by atoms with Gasteiger partial charge in [0.05, 0.1) is 23.7 Å². The Hall–Kier alpha value is -3.24. The van der Waals surface area contributed by atoms with Gasteiger partial charge in [0.25, 0.3) is 0 Å². The van der Waals surface area contributed by atoms with Crippen LogP contribution in [0.15, 0.2) is 77.3 Å². The Bertz CT molecular complexity index is 1150. The molecule has 1 heterocycles. The predicted molar refractivity (Wildman–Crippen MR) is 121 cm³/mol. The number of carbonyl (C=O) groups excluding carboxylic acids is 1. The second-order valence-corrected chi connectivity index (χ2v) is 8.47. The zero-order valence-corrected chi connectivity index (χ0v) is 18.5. The lowest BCUT2D eigenvalue weighted by Crippen LogP contribution is -2.35. The van der Waals surface area contributed by atoms with Crippen molar-refractivity contribution in [3.63, 3.8) is 0 Å². The van der Waals surface area contributed by atoms with Crippen LogP contribution in [0.3, 0.4) is 0 Å². The Kier molecular flexibility index (Phi) is 6.52. The summed E-state index contributed by atoms with van der Waals surface area (Å²) >= 11 is 3.23. The summed E-state index contributed by atoms with van der Waals surface area (Å²) in [7, 11) is 0. The number of nitriles is 1. The molecule has 0 spiro atoms. The second-order valence-electron chi connectivity index (χ2n) is 7.62. The predicted octanol–water partition coefficient (Wildman–Crippen LogP) is 5.98. The third-order valence-corrected chi connectivity index (χ3v) is 6.26. The van der Waals surface area contributed by atoms with Gasteiger partial charge in [0, 0.05) is 16.6 Å². The molecule has 0 aliphatic carbocycles. The van der Waals surface area contributed by atoms with Crippen molar-refractivity contribution in [3.8, 4) is 6.07 Å². The standard InChI is InChI=1S/C25H19BrF2N3O/c26-21-12-18(8-11-20(21)24(27)28)13-22-23(19-9-6-16(14-29)7-10-19)30-25(32)31(22)15-17-4-2-1-3-5-17/h1-12,22-23H,13,15H2,(H,30,32). The lowest BCUT2D eigenvalue weighted by Gasteiger charge is -2.27. The molecule has 1 saturated heterocycles. The van der Waals surface area contributed by atoms with Crippen molar-refractivity contribution in [1.29, 1.82) is 5.26 Å². The molecule has 1 aliphatic rings. The maximum atomic E-state index is 13.1. The topological polar surface area (TPSA) is 56.1 Å². The average molecular weight is 495 g/mol. The van der Waals surface area contributed by atoms with Gasteiger partial charge in [0.15, 0.2) is 0 Å². The molecule has 32 heavy (non-hydrogen) atoms. The maximum absolute atomic E-state index is 13.1. The molecule has 3 aromatic carbocycles. The van der Waals surface area contributed by atoms with Gasteiger partial charge in [0.1, 0.15) is 0 Å². The first kappa shape index (κ1) is 22.0. The van der Waals surface area contributed by atoms with Crippen molar-refractivity contribution in [2.24, 2.45) is 0 Å². The smallest absolute Gasteiger partial charge is 0.329 e. The molecule has 161 valence electrons. The fourth-order valence-electron chi connectivity index (χ4n) is 3.99. The van der Waals surface area contributed by atoms with E-state index in [0.717, 1.165) is 16.7 Å². The molecular weight excluding hydrogens is 476 g/mol. The Morgan fingerprint density at radius 2 is 1.75 bits per heavy atom. The largest absolute Gasteiger partial charge is 0.340 e. The van der Waals surface area contributed by atoms with Crippen LogP contribution in [0.1, 0.15) is 33.9 Å². The molecule has 1 N–H and O–H groups in total. The molecule has 1 radical (unpaired) electrons. The number of carbonyl (C=O) groups is 1. The highest BCUT2D eigenvalue weighted by molar-refractivity contribution is 9.10. The lowest BCUT2D eigenvalue weighted by atomic mass is 9.93. The highest BCUT2D eigenvalue weighted by Gasteiger charge is 2.40. The molecule has 3 aromatic rings. The monoisotopic (exact) mass is 494 g/mol. The third kappa shape index (κ3) is 4.66. The summed E-state index contributed by atoms with van der Waals surface area (Å²) in [6, 6.07) is 22.9. The second kappa shape index (κ2) is 9.49. The van der Waals surface area contributed by atoms with E-state index in [4.69, 9.17) is 5.26 Å². The average Bonchev–Trinajstić information content (AvgIpc) is 3.09. The van der Waals surface area contributed by atoms with E-state index in [1.807, 2.05) is 42.5 Å². The summed E-state index contributed by atoms with van der Waals surface area (Å²) in [5, 5.41) is 12.1. The van der Waals surface area contributed by atoms with Gasteiger partial charge in [-0.25, -0.2) is 4.79 Å². The first-order valence-electron chi connectivity index (χ1n) is 10.0. The quantitative estimate of drug-likeness (QED) is 0.458. The van der Waals surface area contributed by atoms with Gasteiger partial charge in [-0.05, 0) is 41.3 Å². The number of nitrogens with one attached hydrogen (secondary N) is 1. The van der Waals surface area contributed by atoms with Gasteiger partial charge in [-0.3, -0.25) is 0 Å². The molecule has 2 unspecified atom stereocenters. The minimum Gasteiger partial charge on any atom is -0.329 e. The van der Waals surface area contributed by atoms with E-state index in [9.17, 15) is 13.6 Å². The summed E-state index contributed by atoms with van der Waals surface area (Å²) < 4.78 is 26.4. The molecule has 0 bridgehead atoms. The van der Waals surface area contributed by atoms with Gasteiger partial charge in [0.2, 0.25) is 0 Å². The van der Waals surface area contributed by atoms with Gasteiger partial charge >= 0.3 is 12.5 Å². The summed E-state index contributed by atoms with van der Waals surface area (Å²) in [6.07, 6.45) is -1.27. The number of nitrogens with zero attached hydrogens (tertiary/aromatic N) is 2. The van der Waals surface area contributed by atoms with Crippen LogP contribution in [-0.4, -0.2) is 17.0 Å². The van der Waals surface area contributed by atoms with Crippen LogP contribution in [0, 0.1) is 17.8 Å². The molecule has 1 fully saturated rings. The van der Waals surface area contributed by atoms with E-state index >= 15 is 0 Å². The van der Waals surface area contributed by atoms with Crippen molar-refractivity contribution >= 4 is 22.0 Å². The van der Waals surface area contributed by atoms with Crippen LogP contribution in [0.25, 0.3) is 0 Å². The molecule has 4 rings (SSSR count). The molecule has 2 atom stereocenters. The van der Waals surface area contributed by atoms with E-state index in [1.54, 1.807) is 29.2 Å². The molecule has 0 saturated carbocycles. The summed E-state index contributed by atoms with van der Waals surface area (Å²) in [5.74, 6) is 0. The van der Waals surface area contributed by atoms with Gasteiger partial charge < -0.3 is 10.2 Å². The number of rotatable bonds is 6. The van der Waals surface area contributed by atoms with Gasteiger partial charge in [-0.1, -0.05) is 70.5 Å². The number of benzene rings is 3. The number of hydrogen-bond donors (Lipinski definition) is 1. The van der Waals surface area contributed by atoms with Crippen LogP contribution < -0.4 is 5.32 Å². The van der Waals surface area contributed by atoms with Crippen LogP contribution in [0.5, 0.6) is 0 Å². The molecular formula is C25H19BrF2N3O. The Morgan fingerprint density at radius 3 is 2.38 bits per heavy atom. The van der Waals surface area contributed by atoms with Crippen molar-refractivity contribution in [2.45, 2.75) is 25.0 Å². The first-order chi connectivity index (χ1) is 15.5. The van der Waals surface area contributed by atoms with Crippen LogP contribution >= 0.6 is 15.9 Å². The van der Waals surface area contributed by atoms with Crippen LogP contribution in [0.2, 0.25) is 0 Å². The zero-order valence-electron chi connectivity index (χ0n) is 16.9. The first-order valence-corrected chi connectivity index (χ1v) is 10.8. The molecule has 0 aromatic heterocycles. The van der Waals surface area contributed by atoms with E-state index in [2.05, 4.69) is 27.3 Å². The van der Waals surface area contributed by atoms with Crippen LogP contribution in [-0.2, 0) is 13.0 Å². The van der Waals surface area contributed by atoms with Gasteiger partial charge in [-0.15, -0.1) is 0 Å². The highest BCUT2D eigenvalue weighted by atomic mass is 79.9. The number of urea groups is 1. The van der Waals surface area contributed by atoms with Crippen molar-refractivity contribution < 1.29 is 13.6 Å². The summed E-state index contributed by atoms with van der Waals surface area (Å²) in [4.78, 5) is 14.7. The molecule has 2 amide bonds. The van der Waals surface area contributed by atoms with E-state index in [1.165, 1.54) is 6.07 Å². The Balaban J connectivity index is 1.67. The van der Waals surface area contributed by atoms with Crippen LogP contribution in [0.4, 0.5) is 13.6 Å². The van der Waals surface area contributed by atoms with E-state index in [0.29, 0.717) is 23.0 Å². The van der Waals surface area contributed by atoms with Crippen molar-refractivity contribution in [1.82, 2.24) is 10.2 Å². The Morgan fingerprint density at radius 1 is 1.03 bits per heavy atom. The minimum atomic E-state index is -1.75. The Labute approximate surface area is 193 Å². The molecule has 1 aliphatic heterocycles. The molecule has 4 nitrogen and oxygen atoms in total. The number of halogens is 3. The van der Waals surface area contributed by atoms with Crippen molar-refractivity contribution in [3.05, 3.63) is 112 Å². The zero-order chi connectivity index (χ0) is 22.7.